The molecule has 1 aromatic carbocycles. The van der Waals surface area contributed by atoms with Crippen molar-refractivity contribution in [1.82, 2.24) is 10.3 Å². The van der Waals surface area contributed by atoms with Gasteiger partial charge in [-0.25, -0.2) is 5.84 Å². The van der Waals surface area contributed by atoms with Crippen LogP contribution in [0.4, 0.5) is 0 Å². The Morgan fingerprint density at radius 2 is 2.07 bits per heavy atom. The molecule has 0 bridgehead atoms. The minimum absolute atomic E-state index is 0.635. The molecule has 0 fully saturated rings. The highest BCUT2D eigenvalue weighted by Gasteiger charge is 2.13. The highest BCUT2D eigenvalue weighted by atomic mass is 15.4. The number of nitrogens with two attached hydrogens (primary N) is 1. The Bertz CT molecular complexity index is 394. The van der Waals surface area contributed by atoms with E-state index in [2.05, 4.69) is 10.4 Å². The molecule has 1 aliphatic rings. The number of aliphatic imine (C=N–C) groups is 1. The van der Waals surface area contributed by atoms with Gasteiger partial charge in [-0.2, -0.15) is 0 Å². The third-order valence-corrected chi connectivity index (χ3v) is 2.37. The number of nitrogens with one attached hydrogen (secondary N) is 1. The van der Waals surface area contributed by atoms with Crippen LogP contribution in [0.1, 0.15) is 5.56 Å². The number of nitrogens with zero attached hydrogens (tertiary/aromatic N) is 2. The van der Waals surface area contributed by atoms with Crippen molar-refractivity contribution in [2.24, 2.45) is 10.8 Å². The fourth-order valence-electron chi connectivity index (χ4n) is 1.61. The maximum absolute atomic E-state index is 5.51. The maximum atomic E-state index is 5.51. The monoisotopic (exact) mass is 202 g/mol. The van der Waals surface area contributed by atoms with Gasteiger partial charge in [0.05, 0.1) is 0 Å². The zero-order valence-corrected chi connectivity index (χ0v) is 8.64. The van der Waals surface area contributed by atoms with Crippen LogP contribution in [0.15, 0.2) is 41.1 Å². The molecule has 0 aromatic heterocycles. The largest absolute Gasteiger partial charge is 0.340 e. The van der Waals surface area contributed by atoms with E-state index in [0.717, 1.165) is 17.0 Å². The van der Waals surface area contributed by atoms with Crippen molar-refractivity contribution in [2.45, 2.75) is 0 Å². The predicted molar refractivity (Wildman–Crippen MR) is 61.8 cm³/mol. The average Bonchev–Trinajstić information content (AvgIpc) is 2.30. The van der Waals surface area contributed by atoms with Crippen LogP contribution in [-0.2, 0) is 0 Å². The van der Waals surface area contributed by atoms with Gasteiger partial charge in [0.1, 0.15) is 12.5 Å². The summed E-state index contributed by atoms with van der Waals surface area (Å²) in [5.41, 5.74) is 4.85. The third-order valence-electron chi connectivity index (χ3n) is 2.37. The van der Waals surface area contributed by atoms with Crippen molar-refractivity contribution in [1.29, 1.82) is 0 Å². The molecule has 0 radical (unpaired) electrons. The topological polar surface area (TPSA) is 53.6 Å². The lowest BCUT2D eigenvalue weighted by Crippen LogP contribution is -2.36. The first-order valence-electron chi connectivity index (χ1n) is 4.80. The van der Waals surface area contributed by atoms with Crippen molar-refractivity contribution in [3.05, 3.63) is 41.7 Å². The molecule has 4 nitrogen and oxygen atoms in total. The zero-order valence-electron chi connectivity index (χ0n) is 8.64. The molecular weight excluding hydrogens is 188 g/mol. The van der Waals surface area contributed by atoms with Gasteiger partial charge in [-0.1, -0.05) is 30.3 Å². The Hall–Kier alpha value is -1.81. The molecule has 0 atom stereocenters. The van der Waals surface area contributed by atoms with Gasteiger partial charge in [-0.3, -0.25) is 4.99 Å². The first-order chi connectivity index (χ1) is 7.33. The van der Waals surface area contributed by atoms with E-state index in [9.17, 15) is 0 Å². The van der Waals surface area contributed by atoms with Gasteiger partial charge >= 0.3 is 0 Å². The van der Waals surface area contributed by atoms with E-state index >= 15 is 0 Å². The Kier molecular flexibility index (Phi) is 2.69. The quantitative estimate of drug-likeness (QED) is 0.550. The van der Waals surface area contributed by atoms with E-state index in [1.165, 1.54) is 0 Å². The van der Waals surface area contributed by atoms with Crippen molar-refractivity contribution < 1.29 is 0 Å². The Morgan fingerprint density at radius 1 is 1.33 bits per heavy atom. The summed E-state index contributed by atoms with van der Waals surface area (Å²) in [4.78, 5) is 6.24. The highest BCUT2D eigenvalue weighted by molar-refractivity contribution is 6.11. The maximum Gasteiger partial charge on any atom is 0.126 e. The second-order valence-corrected chi connectivity index (χ2v) is 3.42. The minimum Gasteiger partial charge on any atom is -0.340 e. The van der Waals surface area contributed by atoms with Crippen LogP contribution in [0.5, 0.6) is 0 Å². The molecule has 4 heteroatoms. The Labute approximate surface area is 89.1 Å². The summed E-state index contributed by atoms with van der Waals surface area (Å²) in [6.45, 7) is 0.635. The molecule has 2 rings (SSSR count). The summed E-state index contributed by atoms with van der Waals surface area (Å²) in [6.07, 6.45) is 1.85. The van der Waals surface area contributed by atoms with Gasteiger partial charge in [0.25, 0.3) is 0 Å². The summed E-state index contributed by atoms with van der Waals surface area (Å²) in [7, 11) is 1.95. The summed E-state index contributed by atoms with van der Waals surface area (Å²) < 4.78 is 0. The molecule has 0 saturated carbocycles. The fraction of sp³-hybridized carbons (Fsp3) is 0.182. The third kappa shape index (κ3) is 1.85. The highest BCUT2D eigenvalue weighted by Crippen LogP contribution is 2.19. The molecule has 1 heterocycles. The average molecular weight is 202 g/mol. The molecular formula is C11H14N4. The van der Waals surface area contributed by atoms with Crippen LogP contribution in [-0.4, -0.2) is 24.8 Å². The second-order valence-electron chi connectivity index (χ2n) is 3.42. The minimum atomic E-state index is 0.635. The number of hydrazine groups is 1. The van der Waals surface area contributed by atoms with Gasteiger partial charge in [-0.15, -0.1) is 0 Å². The molecule has 0 amide bonds. The normalized spacial score (nSPS) is 15.7. The molecule has 15 heavy (non-hydrogen) atoms. The predicted octanol–water partition coefficient (Wildman–Crippen LogP) is 0.792. The zero-order chi connectivity index (χ0) is 10.7. The van der Waals surface area contributed by atoms with Crippen molar-refractivity contribution in [3.63, 3.8) is 0 Å². The number of rotatable bonds is 2. The number of hydrogen-bond donors (Lipinski definition) is 2. The molecule has 3 N–H and O–H groups in total. The number of benzene rings is 1. The molecule has 0 saturated heterocycles. The molecule has 78 valence electrons. The molecule has 1 aliphatic heterocycles. The van der Waals surface area contributed by atoms with Crippen LogP contribution >= 0.6 is 0 Å². The molecule has 0 unspecified atom stereocenters. The van der Waals surface area contributed by atoms with E-state index in [4.69, 9.17) is 5.84 Å². The lowest BCUT2D eigenvalue weighted by molar-refractivity contribution is 0.398. The van der Waals surface area contributed by atoms with Gasteiger partial charge < -0.3 is 10.3 Å². The molecule has 0 spiro atoms. The second kappa shape index (κ2) is 4.14. The van der Waals surface area contributed by atoms with Gasteiger partial charge in [0.2, 0.25) is 0 Å². The Morgan fingerprint density at radius 3 is 2.73 bits per heavy atom. The first kappa shape index (κ1) is 9.73. The van der Waals surface area contributed by atoms with Crippen molar-refractivity contribution in [3.8, 4) is 0 Å². The van der Waals surface area contributed by atoms with Crippen LogP contribution < -0.4 is 11.3 Å². The van der Waals surface area contributed by atoms with E-state index < -0.39 is 0 Å². The van der Waals surface area contributed by atoms with E-state index in [1.807, 2.05) is 48.5 Å². The standard InChI is InChI=1S/C11H14N4/c1-15-8-13-7-10(11(15)14-12)9-5-3-2-4-6-9/h2-7,14H,8,12H2,1H3. The van der Waals surface area contributed by atoms with Crippen molar-refractivity contribution >= 4 is 11.8 Å². The van der Waals surface area contributed by atoms with Gasteiger partial charge in [0, 0.05) is 18.8 Å². The van der Waals surface area contributed by atoms with E-state index in [0.29, 0.717) is 6.67 Å². The number of hydrogen-bond acceptors (Lipinski definition) is 4. The molecule has 1 aromatic rings. The van der Waals surface area contributed by atoms with Crippen molar-refractivity contribution in [2.75, 3.05) is 13.7 Å². The molecule has 0 aliphatic carbocycles. The van der Waals surface area contributed by atoms with Crippen LogP contribution in [0.2, 0.25) is 0 Å². The van der Waals surface area contributed by atoms with Crippen LogP contribution in [0.3, 0.4) is 0 Å². The van der Waals surface area contributed by atoms with Gasteiger partial charge in [0.15, 0.2) is 0 Å². The van der Waals surface area contributed by atoms with Gasteiger partial charge in [-0.05, 0) is 5.56 Å². The van der Waals surface area contributed by atoms with Crippen LogP contribution in [0.25, 0.3) is 5.57 Å². The summed E-state index contributed by atoms with van der Waals surface area (Å²) in [5, 5.41) is 0. The lowest BCUT2D eigenvalue weighted by Gasteiger charge is -2.25. The van der Waals surface area contributed by atoms with E-state index in [-0.39, 0.29) is 0 Å². The summed E-state index contributed by atoms with van der Waals surface area (Å²) >= 11 is 0. The SMILES string of the molecule is CN1CN=CC(c2ccccc2)=C1NN. The number of allylic oxidation sites excluding steroid dienone is 1. The Balaban J connectivity index is 2.46. The first-order valence-corrected chi connectivity index (χ1v) is 4.80. The van der Waals surface area contributed by atoms with Crippen LogP contribution in [0, 0.1) is 0 Å². The fourth-order valence-corrected chi connectivity index (χ4v) is 1.61. The van der Waals surface area contributed by atoms with E-state index in [1.54, 1.807) is 0 Å². The lowest BCUT2D eigenvalue weighted by atomic mass is 10.1. The smallest absolute Gasteiger partial charge is 0.126 e. The summed E-state index contributed by atoms with van der Waals surface area (Å²) in [5.74, 6) is 6.41. The summed E-state index contributed by atoms with van der Waals surface area (Å²) in [6, 6.07) is 10.1.